The van der Waals surface area contributed by atoms with Crippen molar-refractivity contribution in [1.82, 2.24) is 0 Å². The van der Waals surface area contributed by atoms with Crippen molar-refractivity contribution in [1.29, 1.82) is 0 Å². The van der Waals surface area contributed by atoms with Crippen LogP contribution in [0.3, 0.4) is 0 Å². The first-order chi connectivity index (χ1) is 11.0. The third-order valence-electron chi connectivity index (χ3n) is 4.69. The van der Waals surface area contributed by atoms with E-state index in [9.17, 15) is 0 Å². The van der Waals surface area contributed by atoms with E-state index < -0.39 is 0 Å². The maximum Gasteiger partial charge on any atom is 0.245 e. The van der Waals surface area contributed by atoms with Gasteiger partial charge in [0.05, 0.1) is 12.1 Å². The van der Waals surface area contributed by atoms with Gasteiger partial charge in [-0.05, 0) is 48.9 Å². The maximum absolute atomic E-state index is 7.46. The highest BCUT2D eigenvalue weighted by Crippen LogP contribution is 2.50. The summed E-state index contributed by atoms with van der Waals surface area (Å²) in [7, 11) is 2.00. The van der Waals surface area contributed by atoms with Crippen molar-refractivity contribution in [2.24, 2.45) is 7.05 Å². The van der Waals surface area contributed by atoms with Gasteiger partial charge in [0.2, 0.25) is 17.1 Å². The number of pyridine rings is 1. The van der Waals surface area contributed by atoms with Gasteiger partial charge in [0.25, 0.3) is 0 Å². The van der Waals surface area contributed by atoms with Crippen molar-refractivity contribution in [3.63, 3.8) is 0 Å². The first-order valence-electron chi connectivity index (χ1n) is 7.64. The van der Waals surface area contributed by atoms with Crippen LogP contribution in [-0.4, -0.2) is 0 Å². The van der Waals surface area contributed by atoms with Gasteiger partial charge in [-0.25, -0.2) is 9.41 Å². The zero-order chi connectivity index (χ0) is 16.3. The summed E-state index contributed by atoms with van der Waals surface area (Å²) in [5.41, 5.74) is 6.38. The van der Waals surface area contributed by atoms with Crippen LogP contribution < -0.4 is 9.30 Å². The van der Waals surface area contributed by atoms with Crippen molar-refractivity contribution in [2.45, 2.75) is 20.8 Å². The third-order valence-corrected chi connectivity index (χ3v) is 4.69. The Morgan fingerprint density at radius 1 is 1.13 bits per heavy atom. The van der Waals surface area contributed by atoms with Gasteiger partial charge in [-0.15, -0.1) is 0 Å². The van der Waals surface area contributed by atoms with Crippen molar-refractivity contribution in [2.75, 3.05) is 0 Å². The molecule has 1 aromatic heterocycles. The Balaban J connectivity index is 2.28. The van der Waals surface area contributed by atoms with E-state index in [4.69, 9.17) is 11.3 Å². The second-order valence-electron chi connectivity index (χ2n) is 6.26. The molecule has 112 valence electrons. The van der Waals surface area contributed by atoms with Crippen LogP contribution in [0.5, 0.6) is 11.5 Å². The number of benzene rings is 2. The Kier molecular flexibility index (Phi) is 2.74. The van der Waals surface area contributed by atoms with Crippen LogP contribution in [0.2, 0.25) is 0 Å². The van der Waals surface area contributed by atoms with Gasteiger partial charge in [-0.1, -0.05) is 12.1 Å². The molecule has 2 heterocycles. The highest BCUT2D eigenvalue weighted by atomic mass is 16.5. The van der Waals surface area contributed by atoms with Crippen molar-refractivity contribution >= 4 is 16.5 Å². The Morgan fingerprint density at radius 2 is 1.91 bits per heavy atom. The summed E-state index contributed by atoms with van der Waals surface area (Å²) in [6.45, 7) is 13.8. The molecule has 23 heavy (non-hydrogen) atoms. The van der Waals surface area contributed by atoms with Crippen molar-refractivity contribution in [3.05, 3.63) is 58.6 Å². The molecule has 0 atom stereocenters. The Hall–Kier alpha value is -2.86. The zero-order valence-electron chi connectivity index (χ0n) is 13.7. The highest BCUT2D eigenvalue weighted by Gasteiger charge is 2.32. The van der Waals surface area contributed by atoms with Gasteiger partial charge >= 0.3 is 0 Å². The summed E-state index contributed by atoms with van der Waals surface area (Å²) >= 11 is 0. The molecule has 3 heteroatoms. The molecule has 1 aliphatic rings. The van der Waals surface area contributed by atoms with E-state index in [1.54, 1.807) is 0 Å². The monoisotopic (exact) mass is 301 g/mol. The van der Waals surface area contributed by atoms with E-state index in [0.29, 0.717) is 11.4 Å². The third kappa shape index (κ3) is 1.78. The van der Waals surface area contributed by atoms with E-state index in [2.05, 4.69) is 43.8 Å². The molecule has 0 radical (unpaired) electrons. The first-order valence-corrected chi connectivity index (χ1v) is 7.64. The van der Waals surface area contributed by atoms with Crippen molar-refractivity contribution in [3.8, 4) is 22.8 Å². The number of hydrogen-bond acceptors (Lipinski definition) is 1. The molecule has 0 saturated carbocycles. The quantitative estimate of drug-likeness (QED) is 0.333. The normalized spacial score (nSPS) is 11.8. The van der Waals surface area contributed by atoms with Gasteiger partial charge in [0.15, 0.2) is 6.20 Å². The van der Waals surface area contributed by atoms with Crippen LogP contribution >= 0.6 is 0 Å². The topological polar surface area (TPSA) is 17.5 Å². The predicted molar refractivity (Wildman–Crippen MR) is 91.1 cm³/mol. The van der Waals surface area contributed by atoms with E-state index >= 15 is 0 Å². The molecule has 0 aliphatic carbocycles. The van der Waals surface area contributed by atoms with Gasteiger partial charge in [-0.3, -0.25) is 0 Å². The first kappa shape index (κ1) is 13.8. The largest absolute Gasteiger partial charge is 0.461 e. The van der Waals surface area contributed by atoms with Crippen LogP contribution in [-0.2, 0) is 7.05 Å². The molecule has 0 bridgehead atoms. The standard InChI is InChI=1S/C20H17N2O/c1-11-8-14-10-12(2)13(3)17-18(14)16(9-11)23-20-15(21-4)6-7-22(5)19(17)20/h6-10H,1-3,5H3/q+1. The fourth-order valence-electron chi connectivity index (χ4n) is 3.47. The Morgan fingerprint density at radius 3 is 2.65 bits per heavy atom. The van der Waals surface area contributed by atoms with E-state index in [-0.39, 0.29) is 0 Å². The molecule has 0 spiro atoms. The highest BCUT2D eigenvalue weighted by molar-refractivity contribution is 6.05. The maximum atomic E-state index is 7.46. The minimum Gasteiger partial charge on any atom is -0.461 e. The average Bonchev–Trinajstić information content (AvgIpc) is 2.51. The second-order valence-corrected chi connectivity index (χ2v) is 6.26. The number of aromatic nitrogens is 1. The van der Waals surface area contributed by atoms with E-state index in [1.165, 1.54) is 22.1 Å². The second kappa shape index (κ2) is 4.57. The molecule has 3 aromatic rings. The lowest BCUT2D eigenvalue weighted by molar-refractivity contribution is -0.660. The summed E-state index contributed by atoms with van der Waals surface area (Å²) in [5, 5.41) is 2.33. The Labute approximate surface area is 135 Å². The van der Waals surface area contributed by atoms with Gasteiger partial charge in [0, 0.05) is 11.5 Å². The van der Waals surface area contributed by atoms with Gasteiger partial charge in [-0.2, -0.15) is 0 Å². The van der Waals surface area contributed by atoms with Gasteiger partial charge < -0.3 is 4.74 Å². The number of rotatable bonds is 0. The van der Waals surface area contributed by atoms with E-state index in [0.717, 1.165) is 22.4 Å². The summed E-state index contributed by atoms with van der Waals surface area (Å²) in [5.74, 6) is 1.51. The predicted octanol–water partition coefficient (Wildman–Crippen LogP) is 4.91. The van der Waals surface area contributed by atoms with Crippen LogP contribution in [0.1, 0.15) is 16.7 Å². The van der Waals surface area contributed by atoms with Crippen LogP contribution in [0.4, 0.5) is 5.69 Å². The Bertz CT molecular complexity index is 1040. The SMILES string of the molecule is [C-]#[N+]c1cc[n+](C)c2c1Oc1cc(C)cc3cc(C)c(C)c-2c13. The number of nitrogens with zero attached hydrogens (tertiary/aromatic N) is 2. The summed E-state index contributed by atoms with van der Waals surface area (Å²) < 4.78 is 8.24. The molecule has 1 aliphatic heterocycles. The number of ether oxygens (including phenoxy) is 1. The molecular weight excluding hydrogens is 284 g/mol. The lowest BCUT2D eigenvalue weighted by Gasteiger charge is -2.23. The van der Waals surface area contributed by atoms with E-state index in [1.807, 2.05) is 23.9 Å². The lowest BCUT2D eigenvalue weighted by Crippen LogP contribution is -2.32. The van der Waals surface area contributed by atoms with Crippen LogP contribution in [0, 0.1) is 27.3 Å². The molecule has 0 amide bonds. The minimum atomic E-state index is 0.555. The fraction of sp³-hybridized carbons (Fsp3) is 0.200. The molecule has 3 nitrogen and oxygen atoms in total. The molecule has 0 fully saturated rings. The molecular formula is C20H17N2O+. The molecule has 0 N–H and O–H groups in total. The summed E-state index contributed by atoms with van der Waals surface area (Å²) in [6, 6.07) is 8.29. The van der Waals surface area contributed by atoms with Crippen LogP contribution in [0.25, 0.3) is 26.9 Å². The van der Waals surface area contributed by atoms with Crippen LogP contribution in [0.15, 0.2) is 30.5 Å². The molecule has 2 aromatic carbocycles. The summed E-state index contributed by atoms with van der Waals surface area (Å²) in [6.07, 6.45) is 1.93. The smallest absolute Gasteiger partial charge is 0.245 e. The average molecular weight is 301 g/mol. The molecule has 0 saturated heterocycles. The number of hydrogen-bond donors (Lipinski definition) is 0. The minimum absolute atomic E-state index is 0.555. The van der Waals surface area contributed by atoms with Gasteiger partial charge in [0.1, 0.15) is 12.8 Å². The molecule has 4 rings (SSSR count). The molecule has 0 unspecified atom stereocenters. The zero-order valence-corrected chi connectivity index (χ0v) is 13.7. The lowest BCUT2D eigenvalue weighted by atomic mass is 9.90. The summed E-state index contributed by atoms with van der Waals surface area (Å²) in [4.78, 5) is 3.65. The number of fused-ring (bicyclic) bond motifs is 2. The van der Waals surface area contributed by atoms with Crippen molar-refractivity contribution < 1.29 is 9.30 Å². The number of aryl methyl sites for hydroxylation is 3. The fourth-order valence-corrected chi connectivity index (χ4v) is 3.47.